The summed E-state index contributed by atoms with van der Waals surface area (Å²) in [5.74, 6) is 4.34. The number of rotatable bonds is 4. The molecule has 1 aliphatic carbocycles. The highest BCUT2D eigenvalue weighted by Crippen LogP contribution is 2.29. The van der Waals surface area contributed by atoms with Gasteiger partial charge in [-0.2, -0.15) is 0 Å². The number of nitrogens with zero attached hydrogens (tertiary/aromatic N) is 1. The van der Waals surface area contributed by atoms with Gasteiger partial charge in [0.2, 0.25) is 0 Å². The molecule has 0 atom stereocenters. The molecule has 1 aromatic carbocycles. The zero-order chi connectivity index (χ0) is 14.4. The van der Waals surface area contributed by atoms with Crippen LogP contribution in [0.2, 0.25) is 19.6 Å². The maximum absolute atomic E-state index is 5.76. The first-order chi connectivity index (χ1) is 9.53. The normalized spacial score (nSPS) is 15.4. The predicted molar refractivity (Wildman–Crippen MR) is 90.9 cm³/mol. The van der Waals surface area contributed by atoms with Crippen LogP contribution in [0.3, 0.4) is 0 Å². The van der Waals surface area contributed by atoms with E-state index < -0.39 is 7.22 Å². The summed E-state index contributed by atoms with van der Waals surface area (Å²) in [7, 11) is -1.22. The molecule has 20 heavy (non-hydrogen) atoms. The third-order valence-corrected chi connectivity index (χ3v) is 5.61. The number of aliphatic imine (C=N–C) groups is 1. The van der Waals surface area contributed by atoms with Crippen molar-refractivity contribution in [1.29, 1.82) is 0 Å². The molecule has 1 aromatic rings. The molecule has 0 unspecified atom stereocenters. The van der Waals surface area contributed by atoms with Gasteiger partial charge < -0.3 is 4.74 Å². The van der Waals surface area contributed by atoms with Crippen molar-refractivity contribution in [3.63, 3.8) is 0 Å². The first kappa shape index (κ1) is 15.2. The van der Waals surface area contributed by atoms with Gasteiger partial charge in [0.05, 0.1) is 12.3 Å². The van der Waals surface area contributed by atoms with E-state index in [9.17, 15) is 0 Å². The standard InChI is InChI=1S/C16H21NOSSi/c1-20(2,3)19-12-11-16(18-13-14-9-10-14)17-15-7-5-4-6-8-15/h4-8,14H,9-10,13H2,1-3H3. The van der Waals surface area contributed by atoms with E-state index in [4.69, 9.17) is 4.74 Å². The summed E-state index contributed by atoms with van der Waals surface area (Å²) in [5.41, 5.74) is 0.894. The molecule has 1 saturated carbocycles. The van der Waals surface area contributed by atoms with Crippen molar-refractivity contribution in [1.82, 2.24) is 0 Å². The Hall–Kier alpha value is -1.18. The summed E-state index contributed by atoms with van der Waals surface area (Å²) in [4.78, 5) is 4.50. The van der Waals surface area contributed by atoms with Crippen LogP contribution in [0.25, 0.3) is 0 Å². The summed E-state index contributed by atoms with van der Waals surface area (Å²) < 4.78 is 5.76. The molecule has 0 amide bonds. The Kier molecular flexibility index (Phi) is 5.33. The third-order valence-electron chi connectivity index (χ3n) is 2.65. The van der Waals surface area contributed by atoms with E-state index in [1.165, 1.54) is 12.8 Å². The lowest BCUT2D eigenvalue weighted by molar-refractivity contribution is 0.291. The summed E-state index contributed by atoms with van der Waals surface area (Å²) in [6, 6.07) is 9.86. The minimum Gasteiger partial charge on any atom is -0.471 e. The van der Waals surface area contributed by atoms with E-state index in [1.807, 2.05) is 30.3 Å². The molecule has 2 nitrogen and oxygen atoms in total. The number of benzene rings is 1. The van der Waals surface area contributed by atoms with Gasteiger partial charge in [-0.15, -0.1) is 11.2 Å². The Morgan fingerprint density at radius 2 is 2.00 bits per heavy atom. The van der Waals surface area contributed by atoms with Crippen molar-refractivity contribution >= 4 is 30.0 Å². The minimum atomic E-state index is -1.22. The zero-order valence-electron chi connectivity index (χ0n) is 12.3. The lowest BCUT2D eigenvalue weighted by Crippen LogP contribution is -2.12. The van der Waals surface area contributed by atoms with Gasteiger partial charge in [-0.25, -0.2) is 4.99 Å². The van der Waals surface area contributed by atoms with Crippen molar-refractivity contribution in [3.05, 3.63) is 30.3 Å². The lowest BCUT2D eigenvalue weighted by Gasteiger charge is -2.08. The molecule has 0 heterocycles. The third kappa shape index (κ3) is 6.31. The molecule has 0 radical (unpaired) electrons. The maximum atomic E-state index is 5.76. The van der Waals surface area contributed by atoms with E-state index in [-0.39, 0.29) is 0 Å². The molecule has 1 aliphatic rings. The highest BCUT2D eigenvalue weighted by Gasteiger charge is 2.22. The Labute approximate surface area is 126 Å². The van der Waals surface area contributed by atoms with E-state index in [1.54, 1.807) is 11.2 Å². The number of ether oxygens (including phenoxy) is 1. The molecule has 0 aromatic heterocycles. The van der Waals surface area contributed by atoms with Gasteiger partial charge in [0.15, 0.2) is 0 Å². The molecule has 106 valence electrons. The molecule has 2 rings (SSSR count). The van der Waals surface area contributed by atoms with Gasteiger partial charge in [0.1, 0.15) is 7.22 Å². The summed E-state index contributed by atoms with van der Waals surface area (Å²) in [5, 5.41) is 3.16. The Bertz CT molecular complexity index is 521. The van der Waals surface area contributed by atoms with Crippen LogP contribution in [0.1, 0.15) is 12.8 Å². The SMILES string of the molecule is C[Si](C)(C)SC#CC(=Nc1ccccc1)OCC1CC1. The summed E-state index contributed by atoms with van der Waals surface area (Å²) in [6.45, 7) is 7.60. The van der Waals surface area contributed by atoms with E-state index in [0.29, 0.717) is 11.8 Å². The molecule has 4 heteroatoms. The molecule has 0 bridgehead atoms. The zero-order valence-corrected chi connectivity index (χ0v) is 14.2. The van der Waals surface area contributed by atoms with Crippen LogP contribution in [-0.2, 0) is 4.74 Å². The van der Waals surface area contributed by atoms with Crippen LogP contribution < -0.4 is 0 Å². The Morgan fingerprint density at radius 1 is 1.30 bits per heavy atom. The molecular formula is C16H21NOSSi. The second-order valence-electron chi connectivity index (χ2n) is 5.95. The first-order valence-electron chi connectivity index (χ1n) is 6.98. The van der Waals surface area contributed by atoms with Crippen molar-refractivity contribution in [2.24, 2.45) is 10.9 Å². The molecule has 0 N–H and O–H groups in total. The van der Waals surface area contributed by atoms with Gasteiger partial charge in [0.25, 0.3) is 5.90 Å². The van der Waals surface area contributed by atoms with E-state index >= 15 is 0 Å². The van der Waals surface area contributed by atoms with Crippen LogP contribution in [0, 0.1) is 17.1 Å². The highest BCUT2D eigenvalue weighted by atomic mass is 32.4. The first-order valence-corrected chi connectivity index (χ1v) is 12.0. The van der Waals surface area contributed by atoms with Crippen LogP contribution >= 0.6 is 11.2 Å². The average molecular weight is 304 g/mol. The van der Waals surface area contributed by atoms with Crippen molar-refractivity contribution in [2.45, 2.75) is 32.5 Å². The lowest BCUT2D eigenvalue weighted by atomic mass is 10.3. The summed E-state index contributed by atoms with van der Waals surface area (Å²) in [6.07, 6.45) is 2.55. The average Bonchev–Trinajstić information content (AvgIpc) is 3.19. The molecule has 0 aliphatic heterocycles. The van der Waals surface area contributed by atoms with Crippen molar-refractivity contribution in [2.75, 3.05) is 6.61 Å². The molecule has 1 fully saturated rings. The number of para-hydroxylation sites is 1. The number of hydrogen-bond donors (Lipinski definition) is 0. The molecule has 0 saturated heterocycles. The highest BCUT2D eigenvalue weighted by molar-refractivity contribution is 8.32. The smallest absolute Gasteiger partial charge is 0.269 e. The summed E-state index contributed by atoms with van der Waals surface area (Å²) >= 11 is 1.74. The molecular weight excluding hydrogens is 282 g/mol. The topological polar surface area (TPSA) is 21.6 Å². The second-order valence-corrected chi connectivity index (χ2v) is 14.9. The van der Waals surface area contributed by atoms with Gasteiger partial charge in [0, 0.05) is 5.92 Å². The van der Waals surface area contributed by atoms with Gasteiger partial charge >= 0.3 is 0 Å². The fraction of sp³-hybridized carbons (Fsp3) is 0.438. The maximum Gasteiger partial charge on any atom is 0.269 e. The fourth-order valence-corrected chi connectivity index (χ4v) is 2.94. The minimum absolute atomic E-state index is 0.550. The number of hydrogen-bond acceptors (Lipinski definition) is 3. The fourth-order valence-electron chi connectivity index (χ4n) is 1.42. The van der Waals surface area contributed by atoms with Crippen LogP contribution in [-0.4, -0.2) is 19.7 Å². The van der Waals surface area contributed by atoms with E-state index in [0.717, 1.165) is 12.3 Å². The Balaban J connectivity index is 2.05. The van der Waals surface area contributed by atoms with Crippen LogP contribution in [0.15, 0.2) is 35.3 Å². The van der Waals surface area contributed by atoms with Gasteiger partial charge in [-0.3, -0.25) is 0 Å². The predicted octanol–water partition coefficient (Wildman–Crippen LogP) is 4.67. The monoisotopic (exact) mass is 303 g/mol. The van der Waals surface area contributed by atoms with E-state index in [2.05, 4.69) is 35.8 Å². The molecule has 0 spiro atoms. The van der Waals surface area contributed by atoms with Crippen LogP contribution in [0.4, 0.5) is 5.69 Å². The Morgan fingerprint density at radius 3 is 2.60 bits per heavy atom. The van der Waals surface area contributed by atoms with Crippen molar-refractivity contribution in [3.8, 4) is 11.2 Å². The quantitative estimate of drug-likeness (QED) is 0.349. The van der Waals surface area contributed by atoms with Gasteiger partial charge in [-0.05, 0) is 36.1 Å². The largest absolute Gasteiger partial charge is 0.471 e. The van der Waals surface area contributed by atoms with Crippen molar-refractivity contribution < 1.29 is 4.74 Å². The second kappa shape index (κ2) is 7.01. The van der Waals surface area contributed by atoms with Crippen LogP contribution in [0.5, 0.6) is 0 Å². The van der Waals surface area contributed by atoms with Gasteiger partial charge in [-0.1, -0.05) is 37.8 Å².